The number of methoxy groups -OCH3 is 1. The highest BCUT2D eigenvalue weighted by Gasteiger charge is 2.20. The van der Waals surface area contributed by atoms with Crippen LogP contribution in [-0.2, 0) is 9.59 Å². The fraction of sp³-hybridized carbons (Fsp3) is 0.529. The molecule has 0 bridgehead atoms. The zero-order chi connectivity index (χ0) is 18.4. The lowest BCUT2D eigenvalue weighted by Crippen LogP contribution is -2.49. The van der Waals surface area contributed by atoms with Crippen molar-refractivity contribution in [2.75, 3.05) is 65.8 Å². The Morgan fingerprint density at radius 3 is 2.60 bits per heavy atom. The highest BCUT2D eigenvalue weighted by atomic mass is 35.5. The zero-order valence-corrected chi connectivity index (χ0v) is 15.7. The average molecular weight is 369 g/mol. The van der Waals surface area contributed by atoms with Gasteiger partial charge in [0.1, 0.15) is 5.75 Å². The van der Waals surface area contributed by atoms with E-state index in [0.717, 1.165) is 26.2 Å². The third kappa shape index (κ3) is 5.88. The predicted molar refractivity (Wildman–Crippen MR) is 98.2 cm³/mol. The number of carbonyl (C=O) groups excluding carboxylic acids is 2. The van der Waals surface area contributed by atoms with Gasteiger partial charge in [-0.05, 0) is 25.2 Å². The quantitative estimate of drug-likeness (QED) is 0.811. The number of benzene rings is 1. The van der Waals surface area contributed by atoms with Crippen molar-refractivity contribution >= 4 is 29.1 Å². The number of carbonyl (C=O) groups is 2. The number of amides is 2. The largest absolute Gasteiger partial charge is 0.495 e. The smallest absolute Gasteiger partial charge is 0.244 e. The zero-order valence-electron chi connectivity index (χ0n) is 14.9. The second-order valence-electron chi connectivity index (χ2n) is 6.22. The number of ether oxygens (including phenoxy) is 1. The molecule has 1 heterocycles. The first-order valence-electron chi connectivity index (χ1n) is 8.17. The minimum atomic E-state index is -0.296. The van der Waals surface area contributed by atoms with Gasteiger partial charge in [-0.3, -0.25) is 14.5 Å². The molecule has 7 nitrogen and oxygen atoms in total. The molecule has 2 rings (SSSR count). The van der Waals surface area contributed by atoms with Crippen LogP contribution in [0.5, 0.6) is 5.75 Å². The monoisotopic (exact) mass is 368 g/mol. The van der Waals surface area contributed by atoms with E-state index in [0.29, 0.717) is 23.0 Å². The Balaban J connectivity index is 1.85. The van der Waals surface area contributed by atoms with Crippen molar-refractivity contribution in [3.05, 3.63) is 23.2 Å². The van der Waals surface area contributed by atoms with Crippen molar-refractivity contribution in [1.82, 2.24) is 14.7 Å². The van der Waals surface area contributed by atoms with Gasteiger partial charge in [0.15, 0.2) is 0 Å². The molecule has 0 aromatic heterocycles. The van der Waals surface area contributed by atoms with Crippen LogP contribution in [0.1, 0.15) is 0 Å². The van der Waals surface area contributed by atoms with Crippen LogP contribution in [0.15, 0.2) is 18.2 Å². The van der Waals surface area contributed by atoms with Gasteiger partial charge >= 0.3 is 0 Å². The lowest BCUT2D eigenvalue weighted by molar-refractivity contribution is -0.134. The van der Waals surface area contributed by atoms with Crippen LogP contribution in [-0.4, -0.2) is 87.0 Å². The van der Waals surface area contributed by atoms with Gasteiger partial charge in [-0.25, -0.2) is 0 Å². The molecule has 1 N–H and O–H groups in total. The van der Waals surface area contributed by atoms with E-state index in [1.165, 1.54) is 12.0 Å². The van der Waals surface area contributed by atoms with Crippen molar-refractivity contribution in [2.24, 2.45) is 0 Å². The van der Waals surface area contributed by atoms with Gasteiger partial charge in [0.2, 0.25) is 11.8 Å². The highest BCUT2D eigenvalue weighted by molar-refractivity contribution is 6.31. The van der Waals surface area contributed by atoms with Crippen molar-refractivity contribution in [1.29, 1.82) is 0 Å². The third-order valence-electron chi connectivity index (χ3n) is 4.20. The summed E-state index contributed by atoms with van der Waals surface area (Å²) >= 11 is 5.95. The number of nitrogens with one attached hydrogen (secondary N) is 1. The second-order valence-corrected chi connectivity index (χ2v) is 6.66. The van der Waals surface area contributed by atoms with Crippen molar-refractivity contribution in [3.63, 3.8) is 0 Å². The van der Waals surface area contributed by atoms with Gasteiger partial charge in [-0.1, -0.05) is 11.6 Å². The number of anilines is 1. The molecule has 25 heavy (non-hydrogen) atoms. The van der Waals surface area contributed by atoms with Crippen LogP contribution >= 0.6 is 11.6 Å². The summed E-state index contributed by atoms with van der Waals surface area (Å²) in [7, 11) is 5.22. The van der Waals surface area contributed by atoms with Crippen LogP contribution < -0.4 is 10.1 Å². The van der Waals surface area contributed by atoms with E-state index in [4.69, 9.17) is 16.3 Å². The molecule has 0 spiro atoms. The Hall–Kier alpha value is -1.83. The molecule has 0 atom stereocenters. The van der Waals surface area contributed by atoms with Crippen LogP contribution in [0.3, 0.4) is 0 Å². The standard InChI is InChI=1S/C17H25ClN4O3/c1-20-6-8-22(9-7-20)12-17(24)21(2)11-16(23)19-14-10-13(18)4-5-15(14)25-3/h4-5,10H,6-9,11-12H2,1-3H3,(H,19,23). The Morgan fingerprint density at radius 1 is 1.28 bits per heavy atom. The number of likely N-dealkylation sites (N-methyl/N-ethyl adjacent to an activating group) is 2. The first-order chi connectivity index (χ1) is 11.9. The molecule has 1 aliphatic heterocycles. The van der Waals surface area contributed by atoms with E-state index >= 15 is 0 Å². The van der Waals surface area contributed by atoms with Crippen LogP contribution in [0.4, 0.5) is 5.69 Å². The fourth-order valence-electron chi connectivity index (χ4n) is 2.59. The number of halogens is 1. The van der Waals surface area contributed by atoms with Gasteiger partial charge in [-0.2, -0.15) is 0 Å². The molecule has 1 aromatic carbocycles. The summed E-state index contributed by atoms with van der Waals surface area (Å²) in [6.07, 6.45) is 0. The number of hydrogen-bond acceptors (Lipinski definition) is 5. The Morgan fingerprint density at radius 2 is 1.96 bits per heavy atom. The van der Waals surface area contributed by atoms with Gasteiger partial charge in [0.05, 0.1) is 25.9 Å². The average Bonchev–Trinajstić information content (AvgIpc) is 2.57. The topological polar surface area (TPSA) is 65.1 Å². The van der Waals surface area contributed by atoms with E-state index in [-0.39, 0.29) is 18.4 Å². The summed E-state index contributed by atoms with van der Waals surface area (Å²) in [5.41, 5.74) is 0.486. The van der Waals surface area contributed by atoms with E-state index in [1.807, 2.05) is 0 Å². The van der Waals surface area contributed by atoms with E-state index in [1.54, 1.807) is 25.2 Å². The third-order valence-corrected chi connectivity index (χ3v) is 4.43. The van der Waals surface area contributed by atoms with Crippen LogP contribution in [0.2, 0.25) is 5.02 Å². The molecular formula is C17H25ClN4O3. The molecule has 1 aliphatic rings. The van der Waals surface area contributed by atoms with Gasteiger partial charge in [-0.15, -0.1) is 0 Å². The molecule has 1 fully saturated rings. The van der Waals surface area contributed by atoms with Crippen molar-refractivity contribution in [3.8, 4) is 5.75 Å². The maximum Gasteiger partial charge on any atom is 0.244 e. The minimum absolute atomic E-state index is 0.0256. The maximum absolute atomic E-state index is 12.3. The predicted octanol–water partition coefficient (Wildman–Crippen LogP) is 0.993. The Kier molecular flexibility index (Phi) is 7.04. The van der Waals surface area contributed by atoms with Crippen LogP contribution in [0, 0.1) is 0 Å². The first kappa shape index (κ1) is 19.5. The lowest BCUT2D eigenvalue weighted by atomic mass is 10.3. The number of piperazine rings is 1. The molecule has 0 radical (unpaired) electrons. The molecule has 1 saturated heterocycles. The molecule has 138 valence electrons. The SMILES string of the molecule is COc1ccc(Cl)cc1NC(=O)CN(C)C(=O)CN1CCN(C)CC1. The Bertz CT molecular complexity index is 618. The summed E-state index contributed by atoms with van der Waals surface area (Å²) in [6.45, 7) is 3.93. The molecule has 8 heteroatoms. The number of nitrogens with zero attached hydrogens (tertiary/aromatic N) is 3. The second kappa shape index (κ2) is 9.03. The lowest BCUT2D eigenvalue weighted by Gasteiger charge is -2.32. The van der Waals surface area contributed by atoms with Crippen LogP contribution in [0.25, 0.3) is 0 Å². The normalized spacial score (nSPS) is 15.7. The van der Waals surface area contributed by atoms with E-state index in [9.17, 15) is 9.59 Å². The molecule has 0 aliphatic carbocycles. The fourth-order valence-corrected chi connectivity index (χ4v) is 2.76. The summed E-state index contributed by atoms with van der Waals surface area (Å²) in [5, 5.41) is 3.23. The van der Waals surface area contributed by atoms with Crippen molar-refractivity contribution in [2.45, 2.75) is 0 Å². The molecule has 1 aromatic rings. The molecule has 0 unspecified atom stereocenters. The number of hydrogen-bond donors (Lipinski definition) is 1. The Labute approximate surface area is 153 Å². The molecule has 0 saturated carbocycles. The van der Waals surface area contributed by atoms with E-state index < -0.39 is 0 Å². The van der Waals surface area contributed by atoms with Gasteiger partial charge in [0.25, 0.3) is 0 Å². The van der Waals surface area contributed by atoms with Gasteiger partial charge < -0.3 is 19.9 Å². The minimum Gasteiger partial charge on any atom is -0.495 e. The summed E-state index contributed by atoms with van der Waals surface area (Å²) in [5.74, 6) is 0.150. The summed E-state index contributed by atoms with van der Waals surface area (Å²) in [6, 6.07) is 4.98. The molecule has 2 amide bonds. The summed E-state index contributed by atoms with van der Waals surface area (Å²) < 4.78 is 5.20. The highest BCUT2D eigenvalue weighted by Crippen LogP contribution is 2.27. The number of rotatable bonds is 6. The maximum atomic E-state index is 12.3. The van der Waals surface area contributed by atoms with Crippen molar-refractivity contribution < 1.29 is 14.3 Å². The first-order valence-corrected chi connectivity index (χ1v) is 8.55. The molecular weight excluding hydrogens is 344 g/mol. The van der Waals surface area contributed by atoms with Gasteiger partial charge in [0, 0.05) is 38.2 Å². The summed E-state index contributed by atoms with van der Waals surface area (Å²) in [4.78, 5) is 30.3. The van der Waals surface area contributed by atoms with E-state index in [2.05, 4.69) is 22.2 Å².